The van der Waals surface area contributed by atoms with Crippen LogP contribution in [-0.2, 0) is 6.42 Å². The van der Waals surface area contributed by atoms with Gasteiger partial charge in [0.15, 0.2) is 5.78 Å². The van der Waals surface area contributed by atoms with Gasteiger partial charge in [-0.25, -0.2) is 23.7 Å². The summed E-state index contributed by atoms with van der Waals surface area (Å²) in [6.07, 6.45) is 3.67. The summed E-state index contributed by atoms with van der Waals surface area (Å²) in [6, 6.07) is 17.3. The second-order valence-corrected chi connectivity index (χ2v) is 8.82. The first kappa shape index (κ1) is 22.0. The molecule has 5 rings (SSSR count). The van der Waals surface area contributed by atoms with Crippen molar-refractivity contribution >= 4 is 28.2 Å². The number of halogens is 2. The molecule has 0 N–H and O–H groups in total. The van der Waals surface area contributed by atoms with Crippen molar-refractivity contribution < 1.29 is 13.6 Å². The number of carbonyl (C=O) groups excluding carboxylic acids is 1. The fourth-order valence-corrected chi connectivity index (χ4v) is 4.43. The second kappa shape index (κ2) is 9.57. The number of aromatic nitrogens is 3. The van der Waals surface area contributed by atoms with Gasteiger partial charge in [0.05, 0.1) is 27.4 Å². The summed E-state index contributed by atoms with van der Waals surface area (Å²) < 4.78 is 27.0. The topological polar surface area (TPSA) is 55.7 Å². The summed E-state index contributed by atoms with van der Waals surface area (Å²) in [5, 5.41) is 2.95. The number of hydrogen-bond donors (Lipinski definition) is 0. The van der Waals surface area contributed by atoms with Crippen molar-refractivity contribution in [2.45, 2.75) is 19.3 Å². The summed E-state index contributed by atoms with van der Waals surface area (Å²) >= 11 is 1.59. The standard InChI is InChI=1S/C27H19F2N3OS/c28-20-9-4-17(5-10-20)26-27(18-6-11-21(29)12-7-18)32-23-16-19(8-13-22(23)31-26)24(33)2-1-3-25-30-14-15-34-25/h4-16H,1-3H2. The molecule has 0 spiro atoms. The molecule has 0 bridgehead atoms. The molecule has 3 aromatic carbocycles. The van der Waals surface area contributed by atoms with Crippen LogP contribution in [0.1, 0.15) is 28.2 Å². The Balaban J connectivity index is 1.51. The molecule has 0 saturated heterocycles. The predicted molar refractivity (Wildman–Crippen MR) is 130 cm³/mol. The Morgan fingerprint density at radius 2 is 1.41 bits per heavy atom. The van der Waals surface area contributed by atoms with Gasteiger partial charge in [-0.1, -0.05) is 0 Å². The molecule has 0 unspecified atom stereocenters. The van der Waals surface area contributed by atoms with Gasteiger partial charge in [-0.05, 0) is 79.6 Å². The van der Waals surface area contributed by atoms with E-state index in [0.29, 0.717) is 45.5 Å². The van der Waals surface area contributed by atoms with Crippen molar-refractivity contribution in [3.63, 3.8) is 0 Å². The molecular weight excluding hydrogens is 452 g/mol. The van der Waals surface area contributed by atoms with Crippen LogP contribution in [0.5, 0.6) is 0 Å². The maximum Gasteiger partial charge on any atom is 0.162 e. The average Bonchev–Trinajstić information content (AvgIpc) is 3.37. The summed E-state index contributed by atoms with van der Waals surface area (Å²) in [6.45, 7) is 0. The quantitative estimate of drug-likeness (QED) is 0.242. The highest BCUT2D eigenvalue weighted by Crippen LogP contribution is 2.31. The van der Waals surface area contributed by atoms with Crippen LogP contribution in [0.3, 0.4) is 0 Å². The van der Waals surface area contributed by atoms with E-state index in [-0.39, 0.29) is 17.4 Å². The van der Waals surface area contributed by atoms with E-state index >= 15 is 0 Å². The molecule has 0 radical (unpaired) electrons. The molecule has 0 amide bonds. The maximum atomic E-state index is 13.5. The van der Waals surface area contributed by atoms with Gasteiger partial charge in [0.2, 0.25) is 0 Å². The zero-order valence-electron chi connectivity index (χ0n) is 18.0. The largest absolute Gasteiger partial charge is 0.294 e. The van der Waals surface area contributed by atoms with Gasteiger partial charge in [0.25, 0.3) is 0 Å². The van der Waals surface area contributed by atoms with Gasteiger partial charge in [0.1, 0.15) is 11.6 Å². The Bertz CT molecular complexity index is 1450. The molecule has 34 heavy (non-hydrogen) atoms. The number of carbonyl (C=O) groups is 1. The Kier molecular flexibility index (Phi) is 6.18. The molecule has 0 fully saturated rings. The first-order chi connectivity index (χ1) is 16.6. The van der Waals surface area contributed by atoms with E-state index in [1.165, 1.54) is 24.3 Å². The van der Waals surface area contributed by atoms with E-state index in [1.54, 1.807) is 60.0 Å². The van der Waals surface area contributed by atoms with Gasteiger partial charge < -0.3 is 0 Å². The Morgan fingerprint density at radius 1 is 0.794 bits per heavy atom. The van der Waals surface area contributed by atoms with Gasteiger partial charge in [0, 0.05) is 34.7 Å². The van der Waals surface area contributed by atoms with Crippen molar-refractivity contribution in [2.24, 2.45) is 0 Å². The number of ketones is 1. The van der Waals surface area contributed by atoms with E-state index < -0.39 is 0 Å². The van der Waals surface area contributed by atoms with Crippen LogP contribution in [0.25, 0.3) is 33.5 Å². The fourth-order valence-electron chi connectivity index (χ4n) is 3.77. The van der Waals surface area contributed by atoms with Crippen molar-refractivity contribution in [3.05, 3.63) is 101 Å². The van der Waals surface area contributed by atoms with E-state index in [9.17, 15) is 13.6 Å². The molecule has 7 heteroatoms. The minimum Gasteiger partial charge on any atom is -0.294 e. The van der Waals surface area contributed by atoms with E-state index in [2.05, 4.69) is 4.98 Å². The minimum absolute atomic E-state index is 0.0335. The number of aryl methyl sites for hydroxylation is 1. The molecule has 0 aliphatic heterocycles. The lowest BCUT2D eigenvalue weighted by atomic mass is 10.0. The van der Waals surface area contributed by atoms with E-state index in [4.69, 9.17) is 9.97 Å². The van der Waals surface area contributed by atoms with Crippen molar-refractivity contribution in [1.29, 1.82) is 0 Å². The Hall–Kier alpha value is -3.84. The second-order valence-electron chi connectivity index (χ2n) is 7.84. The molecule has 0 atom stereocenters. The highest BCUT2D eigenvalue weighted by atomic mass is 32.1. The third-order valence-corrected chi connectivity index (χ3v) is 6.34. The zero-order valence-corrected chi connectivity index (χ0v) is 18.9. The molecule has 2 aromatic heterocycles. The first-order valence-electron chi connectivity index (χ1n) is 10.8. The third kappa shape index (κ3) is 4.75. The smallest absolute Gasteiger partial charge is 0.162 e. The molecule has 0 saturated carbocycles. The Labute approximate surface area is 199 Å². The normalized spacial score (nSPS) is 11.1. The molecule has 5 aromatic rings. The van der Waals surface area contributed by atoms with Crippen molar-refractivity contribution in [3.8, 4) is 22.5 Å². The lowest BCUT2D eigenvalue weighted by Crippen LogP contribution is -2.02. The lowest BCUT2D eigenvalue weighted by Gasteiger charge is -2.11. The molecule has 4 nitrogen and oxygen atoms in total. The summed E-state index contributed by atoms with van der Waals surface area (Å²) in [5.74, 6) is -0.670. The number of hydrogen-bond acceptors (Lipinski definition) is 5. The monoisotopic (exact) mass is 471 g/mol. The lowest BCUT2D eigenvalue weighted by molar-refractivity contribution is 0.0980. The fraction of sp³-hybridized carbons (Fsp3) is 0.111. The molecule has 168 valence electrons. The van der Waals surface area contributed by atoms with Crippen LogP contribution >= 0.6 is 11.3 Å². The van der Waals surface area contributed by atoms with Crippen molar-refractivity contribution in [1.82, 2.24) is 15.0 Å². The van der Waals surface area contributed by atoms with Crippen LogP contribution in [0.15, 0.2) is 78.3 Å². The number of nitrogens with zero attached hydrogens (tertiary/aromatic N) is 3. The maximum absolute atomic E-state index is 13.5. The zero-order chi connectivity index (χ0) is 23.5. The van der Waals surface area contributed by atoms with Crippen LogP contribution in [-0.4, -0.2) is 20.7 Å². The predicted octanol–water partition coefficient (Wildman–Crippen LogP) is 6.90. The van der Waals surface area contributed by atoms with Gasteiger partial charge in [-0.15, -0.1) is 11.3 Å². The highest BCUT2D eigenvalue weighted by molar-refractivity contribution is 7.09. The molecular formula is C27H19F2N3OS. The van der Waals surface area contributed by atoms with Crippen molar-refractivity contribution in [2.75, 3.05) is 0 Å². The van der Waals surface area contributed by atoms with E-state index in [0.717, 1.165) is 17.8 Å². The average molecular weight is 472 g/mol. The number of thiazole rings is 1. The number of rotatable bonds is 7. The van der Waals surface area contributed by atoms with Gasteiger partial charge in [-0.2, -0.15) is 0 Å². The SMILES string of the molecule is O=C(CCCc1nccs1)c1ccc2nc(-c3ccc(F)cc3)c(-c3ccc(F)cc3)nc2c1. The molecule has 0 aliphatic rings. The van der Waals surface area contributed by atoms with Crippen LogP contribution in [0.4, 0.5) is 8.78 Å². The van der Waals surface area contributed by atoms with Gasteiger partial charge in [-0.3, -0.25) is 4.79 Å². The summed E-state index contributed by atoms with van der Waals surface area (Å²) in [4.78, 5) is 26.6. The molecule has 0 aliphatic carbocycles. The Morgan fingerprint density at radius 3 is 2.00 bits per heavy atom. The number of fused-ring (bicyclic) bond motifs is 1. The van der Waals surface area contributed by atoms with Gasteiger partial charge >= 0.3 is 0 Å². The van der Waals surface area contributed by atoms with Crippen LogP contribution < -0.4 is 0 Å². The summed E-state index contributed by atoms with van der Waals surface area (Å²) in [7, 11) is 0. The molecule has 2 heterocycles. The number of benzene rings is 3. The minimum atomic E-state index is -0.355. The number of Topliss-reactive ketones (excluding diaryl/α,β-unsaturated/α-hetero) is 1. The van der Waals surface area contributed by atoms with Crippen LogP contribution in [0.2, 0.25) is 0 Å². The third-order valence-electron chi connectivity index (χ3n) is 5.50. The first-order valence-corrected chi connectivity index (χ1v) is 11.7. The van der Waals surface area contributed by atoms with E-state index in [1.807, 2.05) is 5.38 Å². The van der Waals surface area contributed by atoms with Crippen LogP contribution in [0, 0.1) is 11.6 Å². The highest BCUT2D eigenvalue weighted by Gasteiger charge is 2.15. The summed E-state index contributed by atoms with van der Waals surface area (Å²) in [5.41, 5.74) is 4.21.